The molecule has 1 aliphatic carbocycles. The number of ether oxygens (including phenoxy) is 1. The van der Waals surface area contributed by atoms with Crippen LogP contribution >= 0.6 is 0 Å². The number of carbonyl (C=O) groups is 1. The maximum Gasteiger partial charge on any atom is 0.165 e. The van der Waals surface area contributed by atoms with E-state index in [-0.39, 0.29) is 17.3 Å². The Morgan fingerprint density at radius 2 is 1.80 bits per heavy atom. The lowest BCUT2D eigenvalue weighted by Crippen LogP contribution is -2.10. The molecule has 0 bridgehead atoms. The van der Waals surface area contributed by atoms with Gasteiger partial charge in [0.2, 0.25) is 0 Å². The molecule has 1 aliphatic rings. The molecule has 0 saturated carbocycles. The first-order valence-electron chi connectivity index (χ1n) is 6.69. The van der Waals surface area contributed by atoms with E-state index in [0.717, 1.165) is 35.1 Å². The van der Waals surface area contributed by atoms with Crippen LogP contribution in [-0.4, -0.2) is 12.9 Å². The first-order valence-corrected chi connectivity index (χ1v) is 6.69. The Morgan fingerprint density at radius 3 is 2.55 bits per heavy atom. The van der Waals surface area contributed by atoms with Crippen molar-refractivity contribution < 1.29 is 13.9 Å². The number of methoxy groups -OCH3 is 1. The van der Waals surface area contributed by atoms with E-state index in [2.05, 4.69) is 0 Å². The summed E-state index contributed by atoms with van der Waals surface area (Å²) < 4.78 is 18.7. The quantitative estimate of drug-likeness (QED) is 0.823. The average Bonchev–Trinajstić information content (AvgIpc) is 2.47. The van der Waals surface area contributed by atoms with Crippen molar-refractivity contribution >= 4 is 5.78 Å². The Labute approximate surface area is 117 Å². The van der Waals surface area contributed by atoms with E-state index in [1.807, 2.05) is 24.3 Å². The van der Waals surface area contributed by atoms with E-state index >= 15 is 0 Å². The molecule has 102 valence electrons. The molecule has 3 heteroatoms. The van der Waals surface area contributed by atoms with Gasteiger partial charge in [0.05, 0.1) is 7.11 Å². The molecule has 2 aromatic carbocycles. The lowest BCUT2D eigenvalue weighted by molar-refractivity contribution is 0.0972. The highest BCUT2D eigenvalue weighted by Gasteiger charge is 2.17. The molecule has 2 aromatic rings. The van der Waals surface area contributed by atoms with Crippen LogP contribution in [0.1, 0.15) is 28.8 Å². The highest BCUT2D eigenvalue weighted by Crippen LogP contribution is 2.29. The molecule has 0 N–H and O–H groups in total. The number of Topliss-reactive ketones (excluding diaryl/α,β-unsaturated/α-hetero) is 1. The van der Waals surface area contributed by atoms with Gasteiger partial charge < -0.3 is 4.74 Å². The van der Waals surface area contributed by atoms with Crippen LogP contribution in [-0.2, 0) is 6.42 Å². The molecule has 2 nitrogen and oxygen atoms in total. The smallest absolute Gasteiger partial charge is 0.165 e. The molecule has 0 aromatic heterocycles. The number of hydrogen-bond donors (Lipinski definition) is 0. The van der Waals surface area contributed by atoms with Crippen molar-refractivity contribution in [3.8, 4) is 16.9 Å². The normalized spacial score (nSPS) is 14.0. The van der Waals surface area contributed by atoms with Crippen molar-refractivity contribution in [1.29, 1.82) is 0 Å². The van der Waals surface area contributed by atoms with E-state index in [4.69, 9.17) is 4.74 Å². The predicted molar refractivity (Wildman–Crippen MR) is 75.7 cm³/mol. The van der Waals surface area contributed by atoms with Gasteiger partial charge in [-0.1, -0.05) is 24.3 Å². The zero-order valence-electron chi connectivity index (χ0n) is 11.3. The molecule has 3 rings (SSSR count). The molecule has 20 heavy (non-hydrogen) atoms. The molecule has 0 aliphatic heterocycles. The van der Waals surface area contributed by atoms with E-state index in [1.165, 1.54) is 13.2 Å². The second-order valence-electron chi connectivity index (χ2n) is 5.00. The van der Waals surface area contributed by atoms with Gasteiger partial charge in [-0.2, -0.15) is 0 Å². The second kappa shape index (κ2) is 5.08. The van der Waals surface area contributed by atoms with Crippen LogP contribution in [0, 0.1) is 5.82 Å². The van der Waals surface area contributed by atoms with Gasteiger partial charge in [0.1, 0.15) is 0 Å². The van der Waals surface area contributed by atoms with Gasteiger partial charge in [0.15, 0.2) is 17.3 Å². The van der Waals surface area contributed by atoms with E-state index in [1.54, 1.807) is 6.07 Å². The number of rotatable bonds is 2. The van der Waals surface area contributed by atoms with Crippen molar-refractivity contribution in [1.82, 2.24) is 0 Å². The van der Waals surface area contributed by atoms with E-state index in [0.29, 0.717) is 6.42 Å². The Hall–Kier alpha value is -2.16. The Balaban J connectivity index is 2.03. The standard InChI is InChI=1S/C17H15FO2/c1-20-17-8-6-12(10-15(17)18)11-5-7-14-13(9-11)3-2-4-16(14)19/h5-10H,2-4H2,1H3. The van der Waals surface area contributed by atoms with Crippen molar-refractivity contribution in [2.45, 2.75) is 19.3 Å². The van der Waals surface area contributed by atoms with Crippen LogP contribution in [0.3, 0.4) is 0 Å². The summed E-state index contributed by atoms with van der Waals surface area (Å²) in [7, 11) is 1.45. The number of halogens is 1. The third kappa shape index (κ3) is 2.20. The van der Waals surface area contributed by atoms with Crippen LogP contribution in [0.2, 0.25) is 0 Å². The summed E-state index contributed by atoms with van der Waals surface area (Å²) >= 11 is 0. The third-order valence-corrected chi connectivity index (χ3v) is 3.74. The lowest BCUT2D eigenvalue weighted by Gasteiger charge is -2.16. The maximum atomic E-state index is 13.8. The summed E-state index contributed by atoms with van der Waals surface area (Å²) in [4.78, 5) is 11.8. The monoisotopic (exact) mass is 270 g/mol. The Bertz CT molecular complexity index is 677. The molecule has 0 fully saturated rings. The SMILES string of the molecule is COc1ccc(-c2ccc3c(c2)CCCC3=O)cc1F. The molecular formula is C17H15FO2. The lowest BCUT2D eigenvalue weighted by atomic mass is 9.88. The van der Waals surface area contributed by atoms with Crippen molar-refractivity contribution in [3.63, 3.8) is 0 Å². The molecule has 0 saturated heterocycles. The number of benzene rings is 2. The van der Waals surface area contributed by atoms with E-state index in [9.17, 15) is 9.18 Å². The van der Waals surface area contributed by atoms with Crippen LogP contribution in [0.25, 0.3) is 11.1 Å². The molecular weight excluding hydrogens is 255 g/mol. The summed E-state index contributed by atoms with van der Waals surface area (Å²) in [6.07, 6.45) is 2.43. The fourth-order valence-corrected chi connectivity index (χ4v) is 2.67. The zero-order chi connectivity index (χ0) is 14.1. The van der Waals surface area contributed by atoms with Gasteiger partial charge in [-0.05, 0) is 41.7 Å². The third-order valence-electron chi connectivity index (χ3n) is 3.74. The first kappa shape index (κ1) is 12.9. The van der Waals surface area contributed by atoms with Gasteiger partial charge in [0.25, 0.3) is 0 Å². The van der Waals surface area contributed by atoms with Crippen LogP contribution < -0.4 is 4.74 Å². The van der Waals surface area contributed by atoms with E-state index < -0.39 is 0 Å². The summed E-state index contributed by atoms with van der Waals surface area (Å²) in [6.45, 7) is 0. The summed E-state index contributed by atoms with van der Waals surface area (Å²) in [6, 6.07) is 10.6. The molecule has 0 unspecified atom stereocenters. The van der Waals surface area contributed by atoms with Crippen LogP contribution in [0.4, 0.5) is 4.39 Å². The van der Waals surface area contributed by atoms with Gasteiger partial charge in [-0.3, -0.25) is 4.79 Å². The minimum atomic E-state index is -0.376. The Kier molecular flexibility index (Phi) is 3.26. The van der Waals surface area contributed by atoms with Crippen LogP contribution in [0.5, 0.6) is 5.75 Å². The number of aryl methyl sites for hydroxylation is 1. The summed E-state index contributed by atoms with van der Waals surface area (Å²) in [5.74, 6) is 0.0689. The highest BCUT2D eigenvalue weighted by atomic mass is 19.1. The number of ketones is 1. The molecule has 0 spiro atoms. The largest absolute Gasteiger partial charge is 0.494 e. The number of fused-ring (bicyclic) bond motifs is 1. The van der Waals surface area contributed by atoms with Crippen LogP contribution in [0.15, 0.2) is 36.4 Å². The summed E-state index contributed by atoms with van der Waals surface area (Å²) in [5.41, 5.74) is 3.60. The Morgan fingerprint density at radius 1 is 1.05 bits per heavy atom. The second-order valence-corrected chi connectivity index (χ2v) is 5.00. The van der Waals surface area contributed by atoms with Gasteiger partial charge in [-0.15, -0.1) is 0 Å². The molecule has 0 atom stereocenters. The van der Waals surface area contributed by atoms with Gasteiger partial charge in [-0.25, -0.2) is 4.39 Å². The van der Waals surface area contributed by atoms with Crippen molar-refractivity contribution in [2.75, 3.05) is 7.11 Å². The fourth-order valence-electron chi connectivity index (χ4n) is 2.67. The van der Waals surface area contributed by atoms with Crippen molar-refractivity contribution in [3.05, 3.63) is 53.3 Å². The minimum Gasteiger partial charge on any atom is -0.494 e. The van der Waals surface area contributed by atoms with Gasteiger partial charge >= 0.3 is 0 Å². The predicted octanol–water partition coefficient (Wildman–Crippen LogP) is 4.02. The number of hydrogen-bond acceptors (Lipinski definition) is 2. The molecule has 0 heterocycles. The summed E-state index contributed by atoms with van der Waals surface area (Å²) in [5, 5.41) is 0. The fraction of sp³-hybridized carbons (Fsp3) is 0.235. The van der Waals surface area contributed by atoms with Gasteiger partial charge in [0, 0.05) is 12.0 Å². The highest BCUT2D eigenvalue weighted by molar-refractivity contribution is 5.99. The molecule has 0 radical (unpaired) electrons. The average molecular weight is 270 g/mol. The maximum absolute atomic E-state index is 13.8. The zero-order valence-corrected chi connectivity index (χ0v) is 11.3. The minimum absolute atomic E-state index is 0.207. The van der Waals surface area contributed by atoms with Crippen molar-refractivity contribution in [2.24, 2.45) is 0 Å². The topological polar surface area (TPSA) is 26.3 Å². The number of carbonyl (C=O) groups excluding carboxylic acids is 1. The molecule has 0 amide bonds. The first-order chi connectivity index (χ1) is 9.69.